The Morgan fingerprint density at radius 1 is 1.27 bits per heavy atom. The van der Waals surface area contributed by atoms with Gasteiger partial charge in [0.2, 0.25) is 0 Å². The third-order valence-electron chi connectivity index (χ3n) is 3.57. The summed E-state index contributed by atoms with van der Waals surface area (Å²) in [4.78, 5) is 2.63. The minimum atomic E-state index is 0.344. The highest BCUT2D eigenvalue weighted by atomic mass is 15.2. The van der Waals surface area contributed by atoms with E-state index < -0.39 is 0 Å². The van der Waals surface area contributed by atoms with Crippen molar-refractivity contribution in [3.63, 3.8) is 0 Å². The number of nitrogens with two attached hydrogens (primary N) is 1. The molecule has 2 unspecified atom stereocenters. The van der Waals surface area contributed by atoms with Gasteiger partial charge in [0, 0.05) is 12.1 Å². The van der Waals surface area contributed by atoms with E-state index in [0.717, 1.165) is 0 Å². The molecule has 0 amide bonds. The van der Waals surface area contributed by atoms with Crippen LogP contribution in [0.2, 0.25) is 0 Å². The zero-order valence-corrected chi connectivity index (χ0v) is 10.5. The summed E-state index contributed by atoms with van der Waals surface area (Å²) >= 11 is 0. The van der Waals surface area contributed by atoms with Gasteiger partial charge in [-0.15, -0.1) is 0 Å². The first-order valence-corrected chi connectivity index (χ1v) is 6.75. The lowest BCUT2D eigenvalue weighted by molar-refractivity contribution is 0.128. The molecular weight excluding hydrogens is 184 g/mol. The van der Waals surface area contributed by atoms with Crippen molar-refractivity contribution >= 4 is 0 Å². The first kappa shape index (κ1) is 13.0. The van der Waals surface area contributed by atoms with Crippen LogP contribution in [0, 0.1) is 0 Å². The summed E-state index contributed by atoms with van der Waals surface area (Å²) in [5.41, 5.74) is 6.05. The number of piperidine rings is 1. The molecule has 1 fully saturated rings. The Morgan fingerprint density at radius 2 is 2.07 bits per heavy atom. The van der Waals surface area contributed by atoms with Gasteiger partial charge in [0.25, 0.3) is 0 Å². The van der Waals surface area contributed by atoms with Crippen LogP contribution in [0.3, 0.4) is 0 Å². The fourth-order valence-corrected chi connectivity index (χ4v) is 2.63. The third kappa shape index (κ3) is 4.52. The minimum Gasteiger partial charge on any atom is -0.327 e. The largest absolute Gasteiger partial charge is 0.327 e. The Balaban J connectivity index is 2.23. The predicted molar refractivity (Wildman–Crippen MR) is 67.0 cm³/mol. The molecule has 2 nitrogen and oxygen atoms in total. The molecule has 0 radical (unpaired) electrons. The second kappa shape index (κ2) is 7.24. The van der Waals surface area contributed by atoms with E-state index in [2.05, 4.69) is 18.7 Å². The van der Waals surface area contributed by atoms with Crippen molar-refractivity contribution in [3.8, 4) is 0 Å². The van der Waals surface area contributed by atoms with E-state index in [1.165, 1.54) is 58.0 Å². The SMILES string of the molecule is CCCCCCN1CCCCC1C(C)N. The molecular formula is C13H28N2. The molecule has 1 heterocycles. The lowest BCUT2D eigenvalue weighted by atomic mass is 9.96. The number of hydrogen-bond donors (Lipinski definition) is 1. The molecule has 0 bridgehead atoms. The molecule has 0 aliphatic carbocycles. The molecule has 0 saturated carbocycles. The number of hydrogen-bond acceptors (Lipinski definition) is 2. The van der Waals surface area contributed by atoms with Crippen molar-refractivity contribution in [1.82, 2.24) is 4.90 Å². The second-order valence-corrected chi connectivity index (χ2v) is 5.02. The molecule has 1 aliphatic heterocycles. The smallest absolute Gasteiger partial charge is 0.0244 e. The van der Waals surface area contributed by atoms with Gasteiger partial charge in [-0.1, -0.05) is 32.6 Å². The molecule has 0 aromatic rings. The van der Waals surface area contributed by atoms with Crippen LogP contribution in [0.25, 0.3) is 0 Å². The van der Waals surface area contributed by atoms with Gasteiger partial charge in [0.1, 0.15) is 0 Å². The van der Waals surface area contributed by atoms with Crippen LogP contribution in [0.5, 0.6) is 0 Å². The predicted octanol–water partition coefficient (Wildman–Crippen LogP) is 2.77. The molecule has 2 atom stereocenters. The quantitative estimate of drug-likeness (QED) is 0.686. The van der Waals surface area contributed by atoms with E-state index in [9.17, 15) is 0 Å². The van der Waals surface area contributed by atoms with E-state index in [-0.39, 0.29) is 0 Å². The summed E-state index contributed by atoms with van der Waals surface area (Å²) in [7, 11) is 0. The molecule has 0 aromatic heterocycles. The average Bonchev–Trinajstić information content (AvgIpc) is 2.25. The van der Waals surface area contributed by atoms with Gasteiger partial charge >= 0.3 is 0 Å². The van der Waals surface area contributed by atoms with E-state index in [4.69, 9.17) is 5.73 Å². The molecule has 2 heteroatoms. The number of unbranched alkanes of at least 4 members (excludes halogenated alkanes) is 3. The first-order valence-electron chi connectivity index (χ1n) is 6.75. The Labute approximate surface area is 95.2 Å². The van der Waals surface area contributed by atoms with Crippen molar-refractivity contribution in [1.29, 1.82) is 0 Å². The standard InChI is InChI=1S/C13H28N2/c1-3-4-5-7-10-15-11-8-6-9-13(15)12(2)14/h12-13H,3-11,14H2,1-2H3. The highest BCUT2D eigenvalue weighted by molar-refractivity contribution is 4.82. The van der Waals surface area contributed by atoms with Crippen molar-refractivity contribution in [2.24, 2.45) is 5.73 Å². The number of rotatable bonds is 6. The highest BCUT2D eigenvalue weighted by Gasteiger charge is 2.24. The Morgan fingerprint density at radius 3 is 2.73 bits per heavy atom. The molecule has 1 rings (SSSR count). The monoisotopic (exact) mass is 212 g/mol. The molecule has 15 heavy (non-hydrogen) atoms. The topological polar surface area (TPSA) is 29.3 Å². The first-order chi connectivity index (χ1) is 7.25. The highest BCUT2D eigenvalue weighted by Crippen LogP contribution is 2.19. The van der Waals surface area contributed by atoms with Crippen LogP contribution in [-0.2, 0) is 0 Å². The molecule has 1 aliphatic rings. The molecule has 90 valence electrons. The van der Waals surface area contributed by atoms with Gasteiger partial charge in [0.15, 0.2) is 0 Å². The maximum Gasteiger partial charge on any atom is 0.0244 e. The van der Waals surface area contributed by atoms with Gasteiger partial charge in [0.05, 0.1) is 0 Å². The van der Waals surface area contributed by atoms with Crippen LogP contribution in [0.15, 0.2) is 0 Å². The molecule has 0 aromatic carbocycles. The Bertz CT molecular complexity index is 157. The van der Waals surface area contributed by atoms with Crippen molar-refractivity contribution in [2.45, 2.75) is 70.9 Å². The van der Waals surface area contributed by atoms with Gasteiger partial charge in [-0.25, -0.2) is 0 Å². The summed E-state index contributed by atoms with van der Waals surface area (Å²) in [5, 5.41) is 0. The van der Waals surface area contributed by atoms with Gasteiger partial charge in [-0.05, 0) is 39.3 Å². The number of nitrogens with zero attached hydrogens (tertiary/aromatic N) is 1. The summed E-state index contributed by atoms with van der Waals surface area (Å²) in [6.45, 7) is 6.98. The third-order valence-corrected chi connectivity index (χ3v) is 3.57. The van der Waals surface area contributed by atoms with E-state index in [1.54, 1.807) is 0 Å². The fourth-order valence-electron chi connectivity index (χ4n) is 2.63. The zero-order chi connectivity index (χ0) is 11.1. The van der Waals surface area contributed by atoms with Crippen LogP contribution >= 0.6 is 0 Å². The number of likely N-dealkylation sites (tertiary alicyclic amines) is 1. The van der Waals surface area contributed by atoms with Gasteiger partial charge in [-0.2, -0.15) is 0 Å². The summed E-state index contributed by atoms with van der Waals surface area (Å²) in [6, 6.07) is 0.997. The van der Waals surface area contributed by atoms with Crippen LogP contribution < -0.4 is 5.73 Å². The average molecular weight is 212 g/mol. The molecule has 2 N–H and O–H groups in total. The van der Waals surface area contributed by atoms with E-state index in [1.807, 2.05) is 0 Å². The van der Waals surface area contributed by atoms with Crippen molar-refractivity contribution < 1.29 is 0 Å². The van der Waals surface area contributed by atoms with Gasteiger partial charge < -0.3 is 5.73 Å². The normalized spacial score (nSPS) is 25.4. The lowest BCUT2D eigenvalue weighted by Gasteiger charge is -2.38. The zero-order valence-electron chi connectivity index (χ0n) is 10.5. The Hall–Kier alpha value is -0.0800. The second-order valence-electron chi connectivity index (χ2n) is 5.02. The Kier molecular flexibility index (Phi) is 6.26. The van der Waals surface area contributed by atoms with Crippen molar-refractivity contribution in [3.05, 3.63) is 0 Å². The maximum atomic E-state index is 6.05. The van der Waals surface area contributed by atoms with E-state index >= 15 is 0 Å². The van der Waals surface area contributed by atoms with Crippen molar-refractivity contribution in [2.75, 3.05) is 13.1 Å². The lowest BCUT2D eigenvalue weighted by Crippen LogP contribution is -2.49. The summed E-state index contributed by atoms with van der Waals surface area (Å²) in [5.74, 6) is 0. The molecule has 1 saturated heterocycles. The maximum absolute atomic E-state index is 6.05. The molecule has 0 spiro atoms. The fraction of sp³-hybridized carbons (Fsp3) is 1.00. The van der Waals surface area contributed by atoms with E-state index in [0.29, 0.717) is 12.1 Å². The summed E-state index contributed by atoms with van der Waals surface area (Å²) in [6.07, 6.45) is 9.52. The van der Waals surface area contributed by atoms with Crippen LogP contribution in [0.4, 0.5) is 0 Å². The van der Waals surface area contributed by atoms with Gasteiger partial charge in [-0.3, -0.25) is 4.90 Å². The minimum absolute atomic E-state index is 0.344. The van der Waals surface area contributed by atoms with Crippen LogP contribution in [-0.4, -0.2) is 30.1 Å². The van der Waals surface area contributed by atoms with Crippen LogP contribution in [0.1, 0.15) is 58.8 Å². The summed E-state index contributed by atoms with van der Waals surface area (Å²) < 4.78 is 0.